The maximum Gasteiger partial charge on any atom is 0.252 e. The van der Waals surface area contributed by atoms with E-state index >= 15 is 0 Å². The van der Waals surface area contributed by atoms with E-state index < -0.39 is 6.10 Å². The Morgan fingerprint density at radius 1 is 1.18 bits per heavy atom. The van der Waals surface area contributed by atoms with Crippen LogP contribution >= 0.6 is 11.6 Å². The van der Waals surface area contributed by atoms with Crippen molar-refractivity contribution in [3.8, 4) is 5.95 Å². The molecule has 38 heavy (non-hydrogen) atoms. The van der Waals surface area contributed by atoms with E-state index in [2.05, 4.69) is 20.2 Å². The summed E-state index contributed by atoms with van der Waals surface area (Å²) < 4.78 is 7.45. The molecule has 2 unspecified atom stereocenters. The number of nitrogens with one attached hydrogen (secondary N) is 1. The molecule has 4 heterocycles. The lowest BCUT2D eigenvalue weighted by Crippen LogP contribution is -2.58. The molecule has 2 saturated heterocycles. The Morgan fingerprint density at radius 3 is 2.76 bits per heavy atom. The van der Waals surface area contributed by atoms with Crippen LogP contribution in [0, 0.1) is 6.92 Å². The number of hydrogen-bond acceptors (Lipinski definition) is 7. The molecule has 5 rings (SSSR count). The van der Waals surface area contributed by atoms with Crippen LogP contribution in [0.15, 0.2) is 49.1 Å². The number of halogens is 1. The lowest BCUT2D eigenvalue weighted by atomic mass is 10.1. The van der Waals surface area contributed by atoms with Crippen molar-refractivity contribution in [1.82, 2.24) is 29.7 Å². The molecule has 200 valence electrons. The van der Waals surface area contributed by atoms with Crippen LogP contribution in [0.1, 0.15) is 30.5 Å². The Labute approximate surface area is 227 Å². The summed E-state index contributed by atoms with van der Waals surface area (Å²) in [5.74, 6) is 1.18. The standard InChI is InChI=1S/C27H32ClN7O3/c1-19-15-24(32-27(31-19)34-11-10-29-18-34)33-12-13-35(26(37)23-3-2-14-38-23)22(17-33)16-25(36)30-9-8-20-4-6-21(28)7-5-20/h4-7,10-11,15,18,22-23H,2-3,8-9,12-14,16-17H2,1H3,(H,30,36). The molecule has 11 heteroatoms. The van der Waals surface area contributed by atoms with Gasteiger partial charge in [-0.3, -0.25) is 14.2 Å². The van der Waals surface area contributed by atoms with Crippen LogP contribution in [0.3, 0.4) is 0 Å². The maximum atomic E-state index is 13.3. The van der Waals surface area contributed by atoms with Crippen LogP contribution in [-0.4, -0.2) is 81.2 Å². The summed E-state index contributed by atoms with van der Waals surface area (Å²) in [5.41, 5.74) is 1.93. The first-order valence-corrected chi connectivity index (χ1v) is 13.4. The fourth-order valence-corrected chi connectivity index (χ4v) is 5.09. The second-order valence-electron chi connectivity index (χ2n) is 9.70. The highest BCUT2D eigenvalue weighted by Gasteiger charge is 2.37. The second-order valence-corrected chi connectivity index (χ2v) is 10.1. The monoisotopic (exact) mass is 537 g/mol. The van der Waals surface area contributed by atoms with Crippen LogP contribution in [0.5, 0.6) is 0 Å². The van der Waals surface area contributed by atoms with Gasteiger partial charge in [0.25, 0.3) is 5.91 Å². The van der Waals surface area contributed by atoms with Gasteiger partial charge in [0, 0.05) is 68.4 Å². The predicted molar refractivity (Wildman–Crippen MR) is 143 cm³/mol. The van der Waals surface area contributed by atoms with Crippen LogP contribution < -0.4 is 10.2 Å². The van der Waals surface area contributed by atoms with E-state index in [9.17, 15) is 9.59 Å². The van der Waals surface area contributed by atoms with Gasteiger partial charge in [-0.15, -0.1) is 0 Å². The number of aryl methyl sites for hydroxylation is 1. The average Bonchev–Trinajstić information content (AvgIpc) is 3.64. The van der Waals surface area contributed by atoms with Crippen LogP contribution in [0.4, 0.5) is 5.82 Å². The number of piperazine rings is 1. The SMILES string of the molecule is Cc1cc(N2CCN(C(=O)C3CCCO3)C(CC(=O)NCCc3ccc(Cl)cc3)C2)nc(-n2ccnc2)n1. The van der Waals surface area contributed by atoms with E-state index in [1.165, 1.54) is 0 Å². The Morgan fingerprint density at radius 2 is 2.03 bits per heavy atom. The Hall–Kier alpha value is -3.50. The number of nitrogens with zero attached hydrogens (tertiary/aromatic N) is 6. The van der Waals surface area contributed by atoms with Crippen molar-refractivity contribution in [3.05, 3.63) is 65.3 Å². The summed E-state index contributed by atoms with van der Waals surface area (Å²) in [7, 11) is 0. The quantitative estimate of drug-likeness (QED) is 0.471. The lowest BCUT2D eigenvalue weighted by Gasteiger charge is -2.42. The first kappa shape index (κ1) is 26.1. The molecular formula is C27H32ClN7O3. The number of carbonyl (C=O) groups excluding carboxylic acids is 2. The highest BCUT2D eigenvalue weighted by molar-refractivity contribution is 6.30. The summed E-state index contributed by atoms with van der Waals surface area (Å²) in [5, 5.41) is 3.70. The van der Waals surface area contributed by atoms with Gasteiger partial charge < -0.3 is 19.9 Å². The molecule has 2 amide bonds. The Kier molecular flexibility index (Phi) is 8.19. The van der Waals surface area contributed by atoms with Gasteiger partial charge in [0.1, 0.15) is 18.2 Å². The van der Waals surface area contributed by atoms with Crippen LogP contribution in [0.25, 0.3) is 5.95 Å². The smallest absolute Gasteiger partial charge is 0.252 e. The van der Waals surface area contributed by atoms with Gasteiger partial charge in [0.15, 0.2) is 0 Å². The summed E-state index contributed by atoms with van der Waals surface area (Å²) in [6.45, 7) is 4.62. The first-order valence-electron chi connectivity index (χ1n) is 13.0. The molecule has 0 bridgehead atoms. The molecule has 1 N–H and O–H groups in total. The van der Waals surface area contributed by atoms with Gasteiger partial charge in [0.2, 0.25) is 11.9 Å². The number of rotatable bonds is 8. The van der Waals surface area contributed by atoms with Gasteiger partial charge in [0.05, 0.1) is 6.04 Å². The van der Waals surface area contributed by atoms with Crippen molar-refractivity contribution in [3.63, 3.8) is 0 Å². The van der Waals surface area contributed by atoms with Crippen LogP contribution in [0.2, 0.25) is 5.02 Å². The molecule has 0 radical (unpaired) electrons. The third-order valence-electron chi connectivity index (χ3n) is 6.93. The molecule has 0 spiro atoms. The average molecular weight is 538 g/mol. The van der Waals surface area contributed by atoms with Gasteiger partial charge in [-0.05, 0) is 43.9 Å². The molecule has 2 aliphatic rings. The minimum absolute atomic E-state index is 0.0286. The number of imidazole rings is 1. The van der Waals surface area contributed by atoms with Gasteiger partial charge in [-0.25, -0.2) is 9.97 Å². The van der Waals surface area contributed by atoms with E-state index in [1.807, 2.05) is 42.2 Å². The molecule has 1 aromatic carbocycles. The van der Waals surface area contributed by atoms with Crippen molar-refractivity contribution in [2.75, 3.05) is 37.7 Å². The summed E-state index contributed by atoms with van der Waals surface area (Å²) in [6.07, 6.45) is 7.22. The first-order chi connectivity index (χ1) is 18.5. The number of carbonyl (C=O) groups is 2. The number of benzene rings is 1. The van der Waals surface area contributed by atoms with Crippen molar-refractivity contribution in [1.29, 1.82) is 0 Å². The van der Waals surface area contributed by atoms with Crippen molar-refractivity contribution < 1.29 is 14.3 Å². The summed E-state index contributed by atoms with van der Waals surface area (Å²) >= 11 is 5.96. The van der Waals surface area contributed by atoms with E-state index in [-0.39, 0.29) is 24.3 Å². The van der Waals surface area contributed by atoms with Gasteiger partial charge in [-0.1, -0.05) is 23.7 Å². The number of aromatic nitrogens is 4. The zero-order valence-electron chi connectivity index (χ0n) is 21.4. The van der Waals surface area contributed by atoms with Gasteiger partial charge in [-0.2, -0.15) is 4.98 Å². The fraction of sp³-hybridized carbons (Fsp3) is 0.444. The topological polar surface area (TPSA) is 105 Å². The predicted octanol–water partition coefficient (Wildman–Crippen LogP) is 2.57. The fourth-order valence-electron chi connectivity index (χ4n) is 4.96. The number of amides is 2. The van der Waals surface area contributed by atoms with E-state index in [0.717, 1.165) is 29.9 Å². The van der Waals surface area contributed by atoms with Crippen molar-refractivity contribution in [2.45, 2.75) is 44.8 Å². The number of ether oxygens (including phenoxy) is 1. The minimum Gasteiger partial charge on any atom is -0.368 e. The molecule has 3 aromatic rings. The van der Waals surface area contributed by atoms with Crippen LogP contribution in [-0.2, 0) is 20.7 Å². The number of hydrogen-bond donors (Lipinski definition) is 1. The molecular weight excluding hydrogens is 506 g/mol. The third kappa shape index (κ3) is 6.31. The molecule has 0 aliphatic carbocycles. The normalized spacial score (nSPS) is 19.5. The van der Waals surface area contributed by atoms with Gasteiger partial charge >= 0.3 is 0 Å². The Balaban J connectivity index is 1.28. The largest absolute Gasteiger partial charge is 0.368 e. The minimum atomic E-state index is -0.425. The summed E-state index contributed by atoms with van der Waals surface area (Å²) in [4.78, 5) is 43.7. The highest BCUT2D eigenvalue weighted by atomic mass is 35.5. The third-order valence-corrected chi connectivity index (χ3v) is 7.18. The van der Waals surface area contributed by atoms with E-state index in [0.29, 0.717) is 50.2 Å². The zero-order chi connectivity index (χ0) is 26.5. The van der Waals surface area contributed by atoms with E-state index in [4.69, 9.17) is 21.3 Å². The molecule has 2 fully saturated rings. The molecule has 2 aliphatic heterocycles. The maximum absolute atomic E-state index is 13.3. The molecule has 2 aromatic heterocycles. The second kappa shape index (κ2) is 11.9. The summed E-state index contributed by atoms with van der Waals surface area (Å²) in [6, 6.07) is 9.23. The highest BCUT2D eigenvalue weighted by Crippen LogP contribution is 2.24. The molecule has 0 saturated carbocycles. The lowest BCUT2D eigenvalue weighted by molar-refractivity contribution is -0.144. The number of anilines is 1. The van der Waals surface area contributed by atoms with E-state index in [1.54, 1.807) is 23.3 Å². The van der Waals surface area contributed by atoms with Crippen molar-refractivity contribution in [2.24, 2.45) is 0 Å². The molecule has 2 atom stereocenters. The Bertz CT molecular complexity index is 1250. The molecule has 10 nitrogen and oxygen atoms in total. The zero-order valence-corrected chi connectivity index (χ0v) is 22.2. The van der Waals surface area contributed by atoms with Crippen molar-refractivity contribution >= 4 is 29.2 Å².